The Balaban J connectivity index is 0.00000162. The second-order valence-corrected chi connectivity index (χ2v) is 5.21. The van der Waals surface area contributed by atoms with E-state index >= 15 is 0 Å². The van der Waals surface area contributed by atoms with Crippen LogP contribution in [0.2, 0.25) is 0 Å². The third-order valence-corrected chi connectivity index (χ3v) is 4.26. The van der Waals surface area contributed by atoms with Gasteiger partial charge in [-0.3, -0.25) is 4.79 Å². The fourth-order valence-corrected chi connectivity index (χ4v) is 3.08. The molecule has 2 rings (SSSR count). The van der Waals surface area contributed by atoms with Crippen LogP contribution < -0.4 is 5.32 Å². The first kappa shape index (κ1) is 15.7. The second-order valence-electron chi connectivity index (χ2n) is 5.21. The van der Waals surface area contributed by atoms with Gasteiger partial charge in [0.05, 0.1) is 0 Å². The molecule has 2 saturated heterocycles. The number of rotatable bonds is 3. The molecule has 0 aliphatic carbocycles. The lowest BCUT2D eigenvalue weighted by molar-refractivity contribution is -0.142. The highest BCUT2D eigenvalue weighted by atomic mass is 35.5. The fraction of sp³-hybridized carbons (Fsp3) is 0.923. The molecular weight excluding hydrogens is 252 g/mol. The molecule has 2 aliphatic heterocycles. The van der Waals surface area contributed by atoms with Crippen molar-refractivity contribution in [1.82, 2.24) is 10.2 Å². The van der Waals surface area contributed by atoms with E-state index in [1.54, 1.807) is 7.11 Å². The zero-order valence-corrected chi connectivity index (χ0v) is 12.2. The van der Waals surface area contributed by atoms with Crippen LogP contribution in [0.3, 0.4) is 0 Å². The van der Waals surface area contributed by atoms with E-state index in [0.29, 0.717) is 0 Å². The summed E-state index contributed by atoms with van der Waals surface area (Å²) >= 11 is 0. The number of hydrogen-bond donors (Lipinski definition) is 1. The second kappa shape index (κ2) is 7.31. The molecule has 2 fully saturated rings. The SMILES string of the molecule is CCC(OC)C(=O)N1CC[C@@H]2CNC[C@@H]2CC1.Cl. The maximum absolute atomic E-state index is 12.2. The summed E-state index contributed by atoms with van der Waals surface area (Å²) in [7, 11) is 1.63. The van der Waals surface area contributed by atoms with E-state index in [1.165, 1.54) is 0 Å². The molecule has 106 valence electrons. The van der Waals surface area contributed by atoms with Crippen LogP contribution in [0.1, 0.15) is 26.2 Å². The van der Waals surface area contributed by atoms with E-state index in [0.717, 1.165) is 57.3 Å². The van der Waals surface area contributed by atoms with Gasteiger partial charge in [-0.2, -0.15) is 0 Å². The number of amides is 1. The van der Waals surface area contributed by atoms with Gasteiger partial charge in [0.1, 0.15) is 6.10 Å². The van der Waals surface area contributed by atoms with Gasteiger partial charge in [0.15, 0.2) is 0 Å². The average molecular weight is 277 g/mol. The minimum absolute atomic E-state index is 0. The number of carbonyl (C=O) groups excluding carboxylic acids is 1. The highest BCUT2D eigenvalue weighted by Gasteiger charge is 2.32. The number of carbonyl (C=O) groups is 1. The van der Waals surface area contributed by atoms with Gasteiger partial charge in [-0.25, -0.2) is 0 Å². The van der Waals surface area contributed by atoms with E-state index in [4.69, 9.17) is 4.74 Å². The third kappa shape index (κ3) is 3.37. The van der Waals surface area contributed by atoms with Crippen LogP contribution in [-0.4, -0.2) is 50.2 Å². The minimum atomic E-state index is -0.244. The van der Waals surface area contributed by atoms with Gasteiger partial charge in [0, 0.05) is 20.2 Å². The van der Waals surface area contributed by atoms with Gasteiger partial charge in [0.2, 0.25) is 0 Å². The predicted octanol–water partition coefficient (Wildman–Crippen LogP) is 1.29. The zero-order chi connectivity index (χ0) is 12.3. The lowest BCUT2D eigenvalue weighted by atomic mass is 9.92. The number of hydrogen-bond acceptors (Lipinski definition) is 3. The molecule has 18 heavy (non-hydrogen) atoms. The molecule has 0 spiro atoms. The summed E-state index contributed by atoms with van der Waals surface area (Å²) in [6.07, 6.45) is 2.80. The largest absolute Gasteiger partial charge is 0.372 e. The van der Waals surface area contributed by atoms with Crippen molar-refractivity contribution in [3.63, 3.8) is 0 Å². The molecule has 0 aromatic rings. The van der Waals surface area contributed by atoms with Gasteiger partial charge < -0.3 is 15.0 Å². The van der Waals surface area contributed by atoms with Crippen LogP contribution in [0.25, 0.3) is 0 Å². The molecule has 2 heterocycles. The predicted molar refractivity (Wildman–Crippen MR) is 74.0 cm³/mol. The van der Waals surface area contributed by atoms with E-state index < -0.39 is 0 Å². The third-order valence-electron chi connectivity index (χ3n) is 4.26. The lowest BCUT2D eigenvalue weighted by Gasteiger charge is -2.25. The molecule has 0 saturated carbocycles. The Kier molecular flexibility index (Phi) is 6.39. The van der Waals surface area contributed by atoms with Gasteiger partial charge in [-0.05, 0) is 44.2 Å². The van der Waals surface area contributed by atoms with Crippen LogP contribution in [-0.2, 0) is 9.53 Å². The summed E-state index contributed by atoms with van der Waals surface area (Å²) in [5.41, 5.74) is 0. The summed E-state index contributed by atoms with van der Waals surface area (Å²) in [4.78, 5) is 14.2. The van der Waals surface area contributed by atoms with Crippen LogP contribution in [0, 0.1) is 11.8 Å². The summed E-state index contributed by atoms with van der Waals surface area (Å²) < 4.78 is 5.25. The molecule has 0 aromatic carbocycles. The van der Waals surface area contributed by atoms with Crippen LogP contribution in [0.4, 0.5) is 0 Å². The minimum Gasteiger partial charge on any atom is -0.372 e. The molecule has 1 amide bonds. The molecule has 0 bridgehead atoms. The summed E-state index contributed by atoms with van der Waals surface area (Å²) in [5.74, 6) is 1.73. The first-order chi connectivity index (χ1) is 8.26. The average Bonchev–Trinajstić information content (AvgIpc) is 2.70. The number of likely N-dealkylation sites (tertiary alicyclic amines) is 1. The number of nitrogens with zero attached hydrogens (tertiary/aromatic N) is 1. The van der Waals surface area contributed by atoms with Crippen molar-refractivity contribution in [1.29, 1.82) is 0 Å². The van der Waals surface area contributed by atoms with Gasteiger partial charge in [-0.1, -0.05) is 6.92 Å². The Labute approximate surface area is 116 Å². The Morgan fingerprint density at radius 2 is 1.89 bits per heavy atom. The quantitative estimate of drug-likeness (QED) is 0.845. The highest BCUT2D eigenvalue weighted by Crippen LogP contribution is 2.27. The summed E-state index contributed by atoms with van der Waals surface area (Å²) in [6.45, 7) is 6.08. The molecule has 0 radical (unpaired) electrons. The number of nitrogens with one attached hydrogen (secondary N) is 1. The van der Waals surface area contributed by atoms with E-state index in [9.17, 15) is 4.79 Å². The van der Waals surface area contributed by atoms with Crippen LogP contribution in [0.5, 0.6) is 0 Å². The van der Waals surface area contributed by atoms with Gasteiger partial charge >= 0.3 is 0 Å². The van der Waals surface area contributed by atoms with Crippen molar-refractivity contribution >= 4 is 18.3 Å². The standard InChI is InChI=1S/C13H24N2O2.ClH/c1-3-12(17-2)13(16)15-6-4-10-8-14-9-11(10)5-7-15;/h10-12,14H,3-9H2,1-2H3;1H/t10-,11+,12?;. The molecule has 0 aromatic heterocycles. The van der Waals surface area contributed by atoms with Crippen molar-refractivity contribution in [2.45, 2.75) is 32.3 Å². The molecule has 2 aliphatic rings. The highest BCUT2D eigenvalue weighted by molar-refractivity contribution is 5.85. The molecule has 3 atom stereocenters. The van der Waals surface area contributed by atoms with Crippen LogP contribution in [0.15, 0.2) is 0 Å². The monoisotopic (exact) mass is 276 g/mol. The molecule has 5 heteroatoms. The first-order valence-corrected chi connectivity index (χ1v) is 6.78. The Hall–Kier alpha value is -0.320. The number of halogens is 1. The topological polar surface area (TPSA) is 41.6 Å². The fourth-order valence-electron chi connectivity index (χ4n) is 3.08. The Bertz CT molecular complexity index is 258. The van der Waals surface area contributed by atoms with E-state index in [2.05, 4.69) is 5.32 Å². The Morgan fingerprint density at radius 3 is 2.33 bits per heavy atom. The molecule has 4 nitrogen and oxygen atoms in total. The van der Waals surface area contributed by atoms with Crippen molar-refractivity contribution in [3.05, 3.63) is 0 Å². The molecular formula is C13H25ClN2O2. The van der Waals surface area contributed by atoms with Crippen molar-refractivity contribution in [2.75, 3.05) is 33.3 Å². The molecule has 1 N–H and O–H groups in total. The maximum Gasteiger partial charge on any atom is 0.251 e. The summed E-state index contributed by atoms with van der Waals surface area (Å²) in [5, 5.41) is 3.45. The number of fused-ring (bicyclic) bond motifs is 1. The van der Waals surface area contributed by atoms with E-state index in [1.807, 2.05) is 11.8 Å². The van der Waals surface area contributed by atoms with Crippen molar-refractivity contribution in [2.24, 2.45) is 11.8 Å². The number of ether oxygens (including phenoxy) is 1. The van der Waals surface area contributed by atoms with Gasteiger partial charge in [-0.15, -0.1) is 12.4 Å². The summed E-state index contributed by atoms with van der Waals surface area (Å²) in [6, 6.07) is 0. The van der Waals surface area contributed by atoms with Crippen molar-refractivity contribution < 1.29 is 9.53 Å². The molecule has 1 unspecified atom stereocenters. The number of methoxy groups -OCH3 is 1. The normalized spacial score (nSPS) is 29.1. The first-order valence-electron chi connectivity index (χ1n) is 6.78. The lowest BCUT2D eigenvalue weighted by Crippen LogP contribution is -2.40. The van der Waals surface area contributed by atoms with Crippen LogP contribution >= 0.6 is 12.4 Å². The Morgan fingerprint density at radius 1 is 1.33 bits per heavy atom. The zero-order valence-electron chi connectivity index (χ0n) is 11.4. The smallest absolute Gasteiger partial charge is 0.251 e. The van der Waals surface area contributed by atoms with Crippen molar-refractivity contribution in [3.8, 4) is 0 Å². The van der Waals surface area contributed by atoms with Gasteiger partial charge in [0.25, 0.3) is 5.91 Å². The maximum atomic E-state index is 12.2. The van der Waals surface area contributed by atoms with E-state index in [-0.39, 0.29) is 24.4 Å².